The van der Waals surface area contributed by atoms with Gasteiger partial charge in [0.15, 0.2) is 5.65 Å². The Hall–Kier alpha value is -4.20. The summed E-state index contributed by atoms with van der Waals surface area (Å²) in [7, 11) is 0. The normalized spacial score (nSPS) is 11.2. The molecule has 0 fully saturated rings. The molecule has 1 N–H and O–H groups in total. The Morgan fingerprint density at radius 3 is 2.41 bits per heavy atom. The zero-order chi connectivity index (χ0) is 19.8. The summed E-state index contributed by atoms with van der Waals surface area (Å²) in [6.45, 7) is -0.179. The van der Waals surface area contributed by atoms with Crippen LogP contribution in [0.15, 0.2) is 83.9 Å². The van der Waals surface area contributed by atoms with Crippen molar-refractivity contribution < 1.29 is 4.79 Å². The van der Waals surface area contributed by atoms with Crippen molar-refractivity contribution in [1.29, 1.82) is 0 Å². The summed E-state index contributed by atoms with van der Waals surface area (Å²) < 4.78 is 4.25. The van der Waals surface area contributed by atoms with E-state index in [1.54, 1.807) is 29.0 Å². The maximum Gasteiger partial charge on any atom is 0.350 e. The van der Waals surface area contributed by atoms with E-state index >= 15 is 0 Å². The highest BCUT2D eigenvalue weighted by Gasteiger charge is 2.15. The van der Waals surface area contributed by atoms with Gasteiger partial charge in [-0.15, -0.1) is 5.10 Å². The molecule has 5 aromatic rings. The molecule has 2 aromatic carbocycles. The monoisotopic (exact) mass is 384 g/mol. The maximum absolute atomic E-state index is 12.7. The second-order valence-corrected chi connectivity index (χ2v) is 6.57. The fourth-order valence-corrected chi connectivity index (χ4v) is 3.25. The number of benzene rings is 2. The van der Waals surface area contributed by atoms with Crippen LogP contribution in [0.1, 0.15) is 0 Å². The fourth-order valence-electron chi connectivity index (χ4n) is 3.25. The summed E-state index contributed by atoms with van der Waals surface area (Å²) in [5.41, 5.74) is 3.17. The molecule has 0 bridgehead atoms. The molecule has 0 saturated carbocycles. The van der Waals surface area contributed by atoms with Crippen molar-refractivity contribution in [3.05, 3.63) is 89.6 Å². The number of amides is 1. The predicted molar refractivity (Wildman–Crippen MR) is 109 cm³/mol. The molecule has 0 radical (unpaired) electrons. The molecule has 0 aliphatic rings. The fraction of sp³-hybridized carbons (Fsp3) is 0.0476. The molecule has 3 aromatic heterocycles. The number of nitrogens with one attached hydrogen (secondary N) is 1. The molecule has 0 aliphatic carbocycles. The second-order valence-electron chi connectivity index (χ2n) is 6.57. The van der Waals surface area contributed by atoms with Crippen LogP contribution in [0.5, 0.6) is 0 Å². The second kappa shape index (κ2) is 6.75. The van der Waals surface area contributed by atoms with Crippen LogP contribution in [0.2, 0.25) is 0 Å². The number of rotatable bonds is 4. The van der Waals surface area contributed by atoms with Gasteiger partial charge in [0.25, 0.3) is 0 Å². The lowest BCUT2D eigenvalue weighted by molar-refractivity contribution is -0.117. The third-order valence-corrected chi connectivity index (χ3v) is 4.61. The lowest BCUT2D eigenvalue weighted by Crippen LogP contribution is -2.28. The third-order valence-electron chi connectivity index (χ3n) is 4.61. The average Bonchev–Trinajstić information content (AvgIpc) is 3.31. The number of anilines is 1. The zero-order valence-electron chi connectivity index (χ0n) is 15.3. The number of aromatic nitrogens is 5. The van der Waals surface area contributed by atoms with Crippen LogP contribution in [-0.4, -0.2) is 29.7 Å². The van der Waals surface area contributed by atoms with E-state index in [-0.39, 0.29) is 18.1 Å². The number of fused-ring (bicyclic) bond motifs is 3. The van der Waals surface area contributed by atoms with Gasteiger partial charge in [0, 0.05) is 23.6 Å². The van der Waals surface area contributed by atoms with Gasteiger partial charge in [-0.25, -0.2) is 18.4 Å². The van der Waals surface area contributed by atoms with Gasteiger partial charge >= 0.3 is 5.69 Å². The molecule has 142 valence electrons. The number of hydrogen-bond donors (Lipinski definition) is 1. The van der Waals surface area contributed by atoms with Gasteiger partial charge in [0.1, 0.15) is 12.1 Å². The van der Waals surface area contributed by atoms with E-state index < -0.39 is 0 Å². The molecule has 0 atom stereocenters. The van der Waals surface area contributed by atoms with Crippen LogP contribution >= 0.6 is 0 Å². The van der Waals surface area contributed by atoms with E-state index in [9.17, 15) is 9.59 Å². The Morgan fingerprint density at radius 1 is 0.931 bits per heavy atom. The summed E-state index contributed by atoms with van der Waals surface area (Å²) in [6, 6.07) is 20.7. The van der Waals surface area contributed by atoms with Gasteiger partial charge in [0.05, 0.1) is 5.69 Å². The number of para-hydroxylation sites is 1. The van der Waals surface area contributed by atoms with Crippen molar-refractivity contribution in [2.24, 2.45) is 0 Å². The van der Waals surface area contributed by atoms with E-state index in [2.05, 4.69) is 15.5 Å². The van der Waals surface area contributed by atoms with Gasteiger partial charge < -0.3 is 5.32 Å². The maximum atomic E-state index is 12.7. The standard InChI is InChI=1S/C21H16N6O2/c28-19(22-16-9-5-2-6-10-16)14-27-21(29)25-11-12-26-18(20(25)24-27)13-17(23-26)15-7-3-1-4-8-15/h1-13H,14H2,(H,22,28). The van der Waals surface area contributed by atoms with Crippen LogP contribution in [0.3, 0.4) is 0 Å². The smallest absolute Gasteiger partial charge is 0.324 e. The van der Waals surface area contributed by atoms with E-state index in [0.29, 0.717) is 16.9 Å². The summed E-state index contributed by atoms with van der Waals surface area (Å²) in [5.74, 6) is -0.323. The van der Waals surface area contributed by atoms with Crippen LogP contribution in [0.4, 0.5) is 5.69 Å². The molecule has 3 heterocycles. The molecule has 0 aliphatic heterocycles. The predicted octanol–water partition coefficient (Wildman–Crippen LogP) is 2.45. The van der Waals surface area contributed by atoms with E-state index in [1.807, 2.05) is 54.6 Å². The lowest BCUT2D eigenvalue weighted by Gasteiger charge is -2.03. The molecular weight excluding hydrogens is 368 g/mol. The Kier molecular flexibility index (Phi) is 3.94. The molecular formula is C21H16N6O2. The zero-order valence-corrected chi connectivity index (χ0v) is 15.3. The van der Waals surface area contributed by atoms with Crippen LogP contribution in [0.25, 0.3) is 22.4 Å². The SMILES string of the molecule is O=C(Cn1nc2c3cc(-c4ccccc4)nn3ccn2c1=O)Nc1ccccc1. The van der Waals surface area contributed by atoms with Crippen molar-refractivity contribution in [3.8, 4) is 11.3 Å². The van der Waals surface area contributed by atoms with Crippen molar-refractivity contribution in [3.63, 3.8) is 0 Å². The Bertz CT molecular complexity index is 1380. The lowest BCUT2D eigenvalue weighted by atomic mass is 10.1. The third kappa shape index (κ3) is 3.06. The topological polar surface area (TPSA) is 85.7 Å². The van der Waals surface area contributed by atoms with Crippen molar-refractivity contribution in [2.75, 3.05) is 5.32 Å². The highest BCUT2D eigenvalue weighted by atomic mass is 16.2. The summed E-state index contributed by atoms with van der Waals surface area (Å²) >= 11 is 0. The van der Waals surface area contributed by atoms with Gasteiger partial charge in [-0.3, -0.25) is 4.79 Å². The highest BCUT2D eigenvalue weighted by Crippen LogP contribution is 2.20. The first-order valence-electron chi connectivity index (χ1n) is 9.07. The van der Waals surface area contributed by atoms with Gasteiger partial charge in [-0.05, 0) is 18.2 Å². The van der Waals surface area contributed by atoms with Crippen molar-refractivity contribution in [1.82, 2.24) is 23.8 Å². The average molecular weight is 384 g/mol. The molecule has 0 unspecified atom stereocenters. The van der Waals surface area contributed by atoms with E-state index in [0.717, 1.165) is 15.9 Å². The first kappa shape index (κ1) is 16.9. The molecule has 29 heavy (non-hydrogen) atoms. The molecule has 5 rings (SSSR count). The Labute approximate surface area is 164 Å². The number of nitrogens with zero attached hydrogens (tertiary/aromatic N) is 5. The van der Waals surface area contributed by atoms with Gasteiger partial charge in [-0.2, -0.15) is 5.10 Å². The Balaban J connectivity index is 1.52. The highest BCUT2D eigenvalue weighted by molar-refractivity contribution is 5.90. The van der Waals surface area contributed by atoms with Gasteiger partial charge in [-0.1, -0.05) is 48.5 Å². The van der Waals surface area contributed by atoms with E-state index in [1.165, 1.54) is 4.40 Å². The summed E-state index contributed by atoms with van der Waals surface area (Å²) in [5, 5.41) is 11.7. The first-order valence-corrected chi connectivity index (χ1v) is 9.07. The summed E-state index contributed by atoms with van der Waals surface area (Å²) in [4.78, 5) is 25.0. The summed E-state index contributed by atoms with van der Waals surface area (Å²) in [6.07, 6.45) is 3.30. The minimum atomic E-state index is -0.381. The molecule has 8 heteroatoms. The van der Waals surface area contributed by atoms with Crippen molar-refractivity contribution >= 4 is 22.8 Å². The first-order chi connectivity index (χ1) is 14.2. The number of carbonyl (C=O) groups excluding carboxylic acids is 1. The molecule has 0 saturated heterocycles. The molecule has 1 amide bonds. The minimum absolute atomic E-state index is 0.179. The number of hydrogen-bond acceptors (Lipinski definition) is 4. The minimum Gasteiger partial charge on any atom is -0.324 e. The largest absolute Gasteiger partial charge is 0.350 e. The molecule has 0 spiro atoms. The quantitative estimate of drug-likeness (QED) is 0.516. The van der Waals surface area contributed by atoms with E-state index in [4.69, 9.17) is 0 Å². The van der Waals surface area contributed by atoms with Gasteiger partial charge in [0.2, 0.25) is 5.91 Å². The molecule has 8 nitrogen and oxygen atoms in total. The van der Waals surface area contributed by atoms with Crippen LogP contribution in [0, 0.1) is 0 Å². The Morgan fingerprint density at radius 2 is 1.66 bits per heavy atom. The van der Waals surface area contributed by atoms with Crippen LogP contribution < -0.4 is 11.0 Å². The van der Waals surface area contributed by atoms with Crippen molar-refractivity contribution in [2.45, 2.75) is 6.54 Å². The number of carbonyl (C=O) groups is 1. The van der Waals surface area contributed by atoms with Crippen LogP contribution in [-0.2, 0) is 11.3 Å².